The molecule has 248 valence electrons. The average Bonchev–Trinajstić information content (AvgIpc) is 3.49. The Morgan fingerprint density at radius 3 is 2.45 bits per heavy atom. The van der Waals surface area contributed by atoms with Crippen molar-refractivity contribution in [1.82, 2.24) is 5.32 Å². The van der Waals surface area contributed by atoms with Gasteiger partial charge in [0.25, 0.3) is 5.91 Å². The van der Waals surface area contributed by atoms with Gasteiger partial charge in [-0.3, -0.25) is 4.79 Å². The van der Waals surface area contributed by atoms with Gasteiger partial charge < -0.3 is 25.0 Å². The van der Waals surface area contributed by atoms with Crippen LogP contribution in [0.5, 0.6) is 5.75 Å². The van der Waals surface area contributed by atoms with E-state index in [4.69, 9.17) is 25.1 Å². The highest BCUT2D eigenvalue weighted by molar-refractivity contribution is 7.91. The third-order valence-corrected chi connectivity index (χ3v) is 10.3. The fourth-order valence-corrected chi connectivity index (χ4v) is 7.34. The molecular weight excluding hydrogens is 622 g/mol. The first kappa shape index (κ1) is 33.9. The van der Waals surface area contributed by atoms with Crippen LogP contribution in [0.2, 0.25) is 0 Å². The minimum Gasteiger partial charge on any atom is -0.494 e. The maximum absolute atomic E-state index is 14.6. The van der Waals surface area contributed by atoms with Gasteiger partial charge in [-0.25, -0.2) is 13.4 Å². The largest absolute Gasteiger partial charge is 0.494 e. The maximum atomic E-state index is 14.6. The number of hydrogen-bond acceptors (Lipinski definition) is 9. The van der Waals surface area contributed by atoms with Crippen LogP contribution in [0, 0.1) is 0 Å². The highest BCUT2D eigenvalue weighted by atomic mass is 32.2. The van der Waals surface area contributed by atoms with E-state index < -0.39 is 33.5 Å². The molecule has 0 spiro atoms. The number of aliphatic hydroxyl groups is 2. The van der Waals surface area contributed by atoms with Gasteiger partial charge in [-0.1, -0.05) is 47.6 Å². The van der Waals surface area contributed by atoms with Crippen LogP contribution in [0.25, 0.3) is 10.4 Å². The van der Waals surface area contributed by atoms with E-state index in [1.807, 2.05) is 0 Å². The topological polar surface area (TPSA) is 183 Å². The van der Waals surface area contributed by atoms with Gasteiger partial charge in [0.05, 0.1) is 29.9 Å². The molecule has 3 N–H and O–H groups in total. The molecule has 1 saturated carbocycles. The van der Waals surface area contributed by atoms with E-state index in [0.717, 1.165) is 0 Å². The fourth-order valence-electron chi connectivity index (χ4n) is 5.96. The molecule has 1 aliphatic carbocycles. The zero-order valence-electron chi connectivity index (χ0n) is 25.9. The number of nitrogens with zero attached hydrogens (tertiary/aromatic N) is 4. The van der Waals surface area contributed by atoms with Crippen LogP contribution in [0.3, 0.4) is 0 Å². The lowest BCUT2D eigenvalue weighted by Gasteiger charge is -2.34. The highest BCUT2D eigenvalue weighted by Crippen LogP contribution is 2.44. The monoisotopic (exact) mass is 661 g/mol. The lowest BCUT2D eigenvalue weighted by molar-refractivity contribution is -0.130. The Hall–Kier alpha value is -4.42. The van der Waals surface area contributed by atoms with E-state index in [1.54, 1.807) is 66.7 Å². The van der Waals surface area contributed by atoms with Crippen molar-refractivity contribution < 1.29 is 32.9 Å². The molecule has 1 fully saturated rings. The molecule has 12 nitrogen and oxygen atoms in total. The number of carbonyl (C=O) groups excluding carboxylic acids is 1. The van der Waals surface area contributed by atoms with Crippen molar-refractivity contribution in [3.05, 3.63) is 106 Å². The summed E-state index contributed by atoms with van der Waals surface area (Å²) in [5, 5.41) is 26.0. The summed E-state index contributed by atoms with van der Waals surface area (Å²) in [4.78, 5) is 22.6. The molecule has 0 bridgehead atoms. The van der Waals surface area contributed by atoms with Crippen molar-refractivity contribution in [1.29, 1.82) is 0 Å². The van der Waals surface area contributed by atoms with E-state index in [-0.39, 0.29) is 42.2 Å². The molecule has 3 aromatic carbocycles. The van der Waals surface area contributed by atoms with Crippen LogP contribution >= 0.6 is 0 Å². The lowest BCUT2D eigenvalue weighted by Crippen LogP contribution is -2.53. The van der Waals surface area contributed by atoms with E-state index in [0.29, 0.717) is 61.2 Å². The molecule has 2 aliphatic rings. The second kappa shape index (κ2) is 15.4. The number of amides is 1. The number of sulfone groups is 1. The zero-order valence-corrected chi connectivity index (χ0v) is 26.8. The Morgan fingerprint density at radius 1 is 1.04 bits per heavy atom. The molecule has 2 atom stereocenters. The molecular formula is C34H39N5O7S. The van der Waals surface area contributed by atoms with Crippen molar-refractivity contribution in [2.24, 2.45) is 10.1 Å². The summed E-state index contributed by atoms with van der Waals surface area (Å²) in [6.45, 7) is 0.341. The smallest absolute Gasteiger partial charge is 0.252 e. The molecule has 1 heterocycles. The normalized spacial score (nSPS) is 22.4. The zero-order chi connectivity index (χ0) is 33.3. The van der Waals surface area contributed by atoms with Gasteiger partial charge in [-0.2, -0.15) is 0 Å². The summed E-state index contributed by atoms with van der Waals surface area (Å²) in [6.07, 6.45) is 1.02. The maximum Gasteiger partial charge on any atom is 0.252 e. The van der Waals surface area contributed by atoms with Crippen LogP contribution in [0.4, 0.5) is 0 Å². The predicted molar refractivity (Wildman–Crippen MR) is 176 cm³/mol. The highest BCUT2D eigenvalue weighted by Gasteiger charge is 2.54. The van der Waals surface area contributed by atoms with Crippen molar-refractivity contribution in [2.45, 2.75) is 73.8 Å². The third-order valence-electron chi connectivity index (χ3n) is 8.56. The van der Waals surface area contributed by atoms with Gasteiger partial charge >= 0.3 is 0 Å². The van der Waals surface area contributed by atoms with E-state index >= 15 is 0 Å². The first-order chi connectivity index (χ1) is 22.8. The Labute approximate surface area is 274 Å². The molecule has 0 aromatic heterocycles. The molecule has 0 radical (unpaired) electrons. The van der Waals surface area contributed by atoms with Gasteiger partial charge in [-0.05, 0) is 78.7 Å². The fraction of sp³-hybridized carbons (Fsp3) is 0.412. The van der Waals surface area contributed by atoms with Gasteiger partial charge in [0.1, 0.15) is 5.75 Å². The Morgan fingerprint density at radius 2 is 1.74 bits per heavy atom. The van der Waals surface area contributed by atoms with Crippen molar-refractivity contribution in [3.8, 4) is 5.75 Å². The minimum atomic E-state index is -3.83. The number of ether oxygens (including phenoxy) is 2. The van der Waals surface area contributed by atoms with Gasteiger partial charge in [0.15, 0.2) is 21.5 Å². The van der Waals surface area contributed by atoms with Crippen molar-refractivity contribution >= 4 is 21.6 Å². The molecule has 13 heteroatoms. The number of aliphatic imine (C=N–C) groups is 1. The van der Waals surface area contributed by atoms with Crippen molar-refractivity contribution in [3.63, 3.8) is 0 Å². The minimum absolute atomic E-state index is 0.0108. The SMILES string of the molecule is [N-]=[N+]=NCc1ccccc1[C@H]1OC(c2ccc(OCCCO)cc2)=N[C@@]1(CCS(=O)(=O)c1ccccc1)C(=O)NC1CCC(O)CC1. The van der Waals surface area contributed by atoms with Crippen LogP contribution in [-0.2, 0) is 25.9 Å². The third kappa shape index (κ3) is 8.12. The molecule has 5 rings (SSSR count). The second-order valence-corrected chi connectivity index (χ2v) is 13.8. The summed E-state index contributed by atoms with van der Waals surface area (Å²) >= 11 is 0. The van der Waals surface area contributed by atoms with Crippen LogP contribution in [0.1, 0.15) is 61.3 Å². The van der Waals surface area contributed by atoms with Crippen LogP contribution in [0.15, 0.2) is 93.9 Å². The van der Waals surface area contributed by atoms with Crippen molar-refractivity contribution in [2.75, 3.05) is 19.0 Å². The van der Waals surface area contributed by atoms with E-state index in [1.165, 1.54) is 12.1 Å². The number of rotatable bonds is 14. The predicted octanol–water partition coefficient (Wildman–Crippen LogP) is 4.80. The molecule has 1 amide bonds. The molecule has 0 saturated heterocycles. The van der Waals surface area contributed by atoms with Gasteiger partial charge in [0.2, 0.25) is 5.90 Å². The lowest BCUT2D eigenvalue weighted by atomic mass is 9.82. The molecule has 0 unspecified atom stereocenters. The average molecular weight is 662 g/mol. The van der Waals surface area contributed by atoms with E-state index in [9.17, 15) is 18.3 Å². The quantitative estimate of drug-likeness (QED) is 0.0959. The summed E-state index contributed by atoms with van der Waals surface area (Å²) in [5.41, 5.74) is 9.08. The molecule has 1 aliphatic heterocycles. The van der Waals surface area contributed by atoms with Crippen LogP contribution in [-0.4, -0.2) is 67.1 Å². The standard InChI is InChI=1S/C34H39N5O7S/c35-39-36-23-25-7-4-5-10-30(25)31-34(33(42)37-26-13-15-27(41)16-14-26,19-22-47(43,44)29-8-2-1-3-9-29)38-32(46-31)24-11-17-28(18-12-24)45-21-6-20-40/h1-5,7-12,17-18,26-27,31,40-41H,6,13-16,19-23H2,(H,37,42)/t26?,27?,31-,34-/m1/s1. The Balaban J connectivity index is 1.59. The molecule has 47 heavy (non-hydrogen) atoms. The van der Waals surface area contributed by atoms with E-state index in [2.05, 4.69) is 15.3 Å². The Bertz CT molecular complexity index is 1700. The first-order valence-corrected chi connectivity index (χ1v) is 17.4. The first-order valence-electron chi connectivity index (χ1n) is 15.7. The summed E-state index contributed by atoms with van der Waals surface area (Å²) in [7, 11) is -3.83. The number of nitrogens with one attached hydrogen (secondary N) is 1. The number of hydrogen-bond donors (Lipinski definition) is 3. The van der Waals surface area contributed by atoms with Gasteiger partial charge in [-0.15, -0.1) is 0 Å². The number of aliphatic hydroxyl groups excluding tert-OH is 2. The summed E-state index contributed by atoms with van der Waals surface area (Å²) in [6, 6.07) is 21.9. The molecule has 3 aromatic rings. The Kier molecular flexibility index (Phi) is 11.2. The second-order valence-electron chi connectivity index (χ2n) is 11.7. The number of benzene rings is 3. The van der Waals surface area contributed by atoms with Gasteiger partial charge in [0, 0.05) is 36.0 Å². The number of azide groups is 1. The van der Waals surface area contributed by atoms with Crippen LogP contribution < -0.4 is 10.1 Å². The summed E-state index contributed by atoms with van der Waals surface area (Å²) in [5.74, 6) is -0.137. The number of carbonyl (C=O) groups is 1. The summed E-state index contributed by atoms with van der Waals surface area (Å²) < 4.78 is 39.4.